The van der Waals surface area contributed by atoms with Gasteiger partial charge in [-0.05, 0) is 76.9 Å². The normalized spacial score (nSPS) is 22.1. The van der Waals surface area contributed by atoms with Gasteiger partial charge in [-0.15, -0.1) is 33.5 Å². The van der Waals surface area contributed by atoms with Crippen molar-refractivity contribution in [3.8, 4) is 0 Å². The first kappa shape index (κ1) is 41.9. The molecule has 0 amide bonds. The van der Waals surface area contributed by atoms with Crippen LogP contribution in [0.4, 0.5) is 0 Å². The van der Waals surface area contributed by atoms with E-state index in [1.165, 1.54) is 31.9 Å². The van der Waals surface area contributed by atoms with Gasteiger partial charge in [-0.3, -0.25) is 14.4 Å². The van der Waals surface area contributed by atoms with Gasteiger partial charge in [0, 0.05) is 12.0 Å². The van der Waals surface area contributed by atoms with Crippen molar-refractivity contribution in [3.05, 3.63) is 102 Å². The first-order chi connectivity index (χ1) is 25.9. The van der Waals surface area contributed by atoms with Crippen molar-refractivity contribution in [2.24, 2.45) is 17.8 Å². The summed E-state index contributed by atoms with van der Waals surface area (Å²) in [5.74, 6) is -3.03. The van der Waals surface area contributed by atoms with E-state index in [0.717, 1.165) is 69.3 Å². The monoisotopic (exact) mass is 752 g/mol. The predicted molar refractivity (Wildman–Crippen MR) is 219 cm³/mol. The van der Waals surface area contributed by atoms with Crippen molar-refractivity contribution in [3.63, 3.8) is 0 Å². The Hall–Kier alpha value is -4.28. The number of unbranched alkanes of at least 4 members (excludes halogenated alkanes) is 3. The third-order valence-electron chi connectivity index (χ3n) is 11.5. The molecular formula is C45H52MgN4O5-2. The molecule has 55 heavy (non-hydrogen) atoms. The van der Waals surface area contributed by atoms with E-state index in [-0.39, 0.29) is 59.7 Å². The molecule has 0 saturated carbocycles. The Labute approximate surface area is 341 Å². The molecule has 0 spiro atoms. The molecule has 9 nitrogen and oxygen atoms in total. The minimum atomic E-state index is -1.21. The molecule has 0 unspecified atom stereocenters. The van der Waals surface area contributed by atoms with Crippen LogP contribution in [0.1, 0.15) is 134 Å². The minimum Gasteiger partial charge on any atom is -0.664 e. The van der Waals surface area contributed by atoms with Crippen molar-refractivity contribution in [2.75, 3.05) is 13.7 Å². The standard InChI is InChI=1S/C45H53N4O5.Mg/c1-10-13-14-15-16-24(4)19-20-54-38(50)18-17-31-27(7)34-21-32-25(5)29(11-2)36(46-32)22-33-26(6)30(12-3)37(47-33)23-35-28(8)39-43(49-35)40(42(31)48-34)41(44(39)51)45(52)53-9;/h11,19,21-23,27,31,41H,2,10,12-18,20H2,1,3-9H3,(H-,48,49,51);/q-3;+2/p-1/b24-19+,33-22-,34-21-,37-23-;/t27-,31-,41+;/m0./s1. The van der Waals surface area contributed by atoms with Crippen LogP contribution < -0.4 is 25.7 Å². The molecule has 10 heteroatoms. The van der Waals surface area contributed by atoms with Gasteiger partial charge in [0.25, 0.3) is 0 Å². The van der Waals surface area contributed by atoms with E-state index >= 15 is 0 Å². The largest absolute Gasteiger partial charge is 2.00 e. The molecule has 0 aromatic carbocycles. The summed E-state index contributed by atoms with van der Waals surface area (Å²) >= 11 is 0. The van der Waals surface area contributed by atoms with Crippen molar-refractivity contribution in [1.29, 1.82) is 0 Å². The maximum absolute atomic E-state index is 14.3. The number of esters is 2. The van der Waals surface area contributed by atoms with Crippen LogP contribution in [0.5, 0.6) is 0 Å². The fourth-order valence-corrected chi connectivity index (χ4v) is 8.20. The van der Waals surface area contributed by atoms with E-state index in [1.54, 1.807) is 0 Å². The third-order valence-corrected chi connectivity index (χ3v) is 11.5. The van der Waals surface area contributed by atoms with Gasteiger partial charge < -0.3 is 29.7 Å². The first-order valence-corrected chi connectivity index (χ1v) is 19.4. The van der Waals surface area contributed by atoms with E-state index in [0.29, 0.717) is 40.2 Å². The molecule has 0 N–H and O–H groups in total. The van der Waals surface area contributed by atoms with Crippen LogP contribution in [0.3, 0.4) is 0 Å². The number of nitrogens with zero attached hydrogens (tertiary/aromatic N) is 4. The second kappa shape index (κ2) is 17.7. The molecule has 3 aromatic heterocycles. The first-order valence-electron chi connectivity index (χ1n) is 19.4. The number of carbonyl (C=O) groups excluding carboxylic acids is 3. The van der Waals surface area contributed by atoms with Gasteiger partial charge in [-0.25, -0.2) is 0 Å². The average molecular weight is 753 g/mol. The Morgan fingerprint density at radius 2 is 1.64 bits per heavy atom. The number of hydrogen-bond donors (Lipinski definition) is 0. The molecule has 6 rings (SSSR count). The summed E-state index contributed by atoms with van der Waals surface area (Å²) in [7, 11) is 1.29. The van der Waals surface area contributed by atoms with Gasteiger partial charge in [0.15, 0.2) is 5.78 Å². The molecule has 3 aliphatic rings. The maximum atomic E-state index is 14.3. The Kier molecular flexibility index (Phi) is 13.5. The smallest absolute Gasteiger partial charge is 0.664 e. The SMILES string of the molecule is C=Cc1c2[n-]c(c1C)/C=C1\[N-]/C(=C3\c4[n-]c(c(C)c4C(=O)[C@@H]3C(=O)OC)/C=c3\[n-]/c(c(C)c3CC)=C\2)[C@@H](CCC(=O)OC/C=C(\C)CCCCCC)[C@@H]1C.[Mg+2]. The minimum absolute atomic E-state index is 0. The van der Waals surface area contributed by atoms with Crippen LogP contribution >= 0.6 is 0 Å². The van der Waals surface area contributed by atoms with Gasteiger partial charge in [-0.2, -0.15) is 11.4 Å². The molecular weight excluding hydrogens is 701 g/mol. The number of rotatable bonds is 13. The van der Waals surface area contributed by atoms with Crippen molar-refractivity contribution in [2.45, 2.75) is 99.8 Å². The van der Waals surface area contributed by atoms with Gasteiger partial charge in [0.05, 0.1) is 7.11 Å². The van der Waals surface area contributed by atoms with Crippen molar-refractivity contribution in [1.82, 2.24) is 15.0 Å². The van der Waals surface area contributed by atoms with Crippen LogP contribution in [-0.2, 0) is 25.5 Å². The number of methoxy groups -OCH3 is 1. The maximum Gasteiger partial charge on any atom is 2.00 e. The molecule has 1 fully saturated rings. The number of ketones is 1. The zero-order valence-electron chi connectivity index (χ0n) is 33.7. The Morgan fingerprint density at radius 3 is 2.33 bits per heavy atom. The molecule has 3 atom stereocenters. The number of Topliss-reactive ketones (excluding diaryl/α,β-unsaturated/α-hetero) is 1. The number of carbonyl (C=O) groups is 3. The number of fused-ring (bicyclic) bond motifs is 7. The predicted octanol–water partition coefficient (Wildman–Crippen LogP) is 6.90. The van der Waals surface area contributed by atoms with Crippen molar-refractivity contribution >= 4 is 70.7 Å². The second-order valence-electron chi connectivity index (χ2n) is 14.9. The fraction of sp³-hybridized carbons (Fsp3) is 0.444. The van der Waals surface area contributed by atoms with Crippen LogP contribution in [0.2, 0.25) is 0 Å². The van der Waals surface area contributed by atoms with Crippen molar-refractivity contribution < 1.29 is 23.9 Å². The van der Waals surface area contributed by atoms with Crippen LogP contribution in [0.25, 0.3) is 35.2 Å². The summed E-state index contributed by atoms with van der Waals surface area (Å²) in [6.45, 7) is 18.7. The molecule has 0 radical (unpaired) electrons. The third kappa shape index (κ3) is 8.03. The van der Waals surface area contributed by atoms with E-state index in [4.69, 9.17) is 29.7 Å². The summed E-state index contributed by atoms with van der Waals surface area (Å²) in [6.07, 6.45) is 16.8. The molecule has 3 aromatic rings. The zero-order chi connectivity index (χ0) is 38.8. The Balaban J connectivity index is 0.00000580. The topological polar surface area (TPSA) is 126 Å². The number of aromatic nitrogens is 3. The quantitative estimate of drug-likeness (QED) is 0.0608. The summed E-state index contributed by atoms with van der Waals surface area (Å²) in [4.78, 5) is 56.1. The fourth-order valence-electron chi connectivity index (χ4n) is 8.20. The zero-order valence-corrected chi connectivity index (χ0v) is 35.1. The van der Waals surface area contributed by atoms with Crippen LogP contribution in [0.15, 0.2) is 29.6 Å². The molecule has 1 saturated heterocycles. The Morgan fingerprint density at radius 1 is 0.909 bits per heavy atom. The van der Waals surface area contributed by atoms with Gasteiger partial charge in [0.1, 0.15) is 12.5 Å². The average Bonchev–Trinajstić information content (AvgIpc) is 3.89. The summed E-state index contributed by atoms with van der Waals surface area (Å²) in [5, 5.41) is 6.79. The van der Waals surface area contributed by atoms with E-state index in [2.05, 4.69) is 41.2 Å². The van der Waals surface area contributed by atoms with Crippen LogP contribution in [0, 0.1) is 38.5 Å². The summed E-state index contributed by atoms with van der Waals surface area (Å²) in [6, 6.07) is 0. The van der Waals surface area contributed by atoms with E-state index in [1.807, 2.05) is 44.2 Å². The Bertz CT molecular complexity index is 2220. The van der Waals surface area contributed by atoms with Gasteiger partial charge >= 0.3 is 35.0 Å². The van der Waals surface area contributed by atoms with Gasteiger partial charge in [-0.1, -0.05) is 104 Å². The summed E-state index contributed by atoms with van der Waals surface area (Å²) in [5.41, 5.74) is 10.7. The second-order valence-corrected chi connectivity index (χ2v) is 14.9. The van der Waals surface area contributed by atoms with E-state index in [9.17, 15) is 14.4 Å². The van der Waals surface area contributed by atoms with Gasteiger partial charge in [0.2, 0.25) is 0 Å². The molecule has 8 bridgehead atoms. The van der Waals surface area contributed by atoms with Crippen LogP contribution in [-0.4, -0.2) is 54.5 Å². The number of hydrogen-bond acceptors (Lipinski definition) is 5. The molecule has 2 aliphatic heterocycles. The summed E-state index contributed by atoms with van der Waals surface area (Å²) < 4.78 is 10.9. The molecule has 286 valence electrons. The van der Waals surface area contributed by atoms with E-state index < -0.39 is 11.9 Å². The number of ether oxygens (including phenoxy) is 2. The molecule has 5 heterocycles. The number of allylic oxidation sites excluding steroid dienone is 3. The molecule has 1 aliphatic carbocycles.